The average Bonchev–Trinajstić information content (AvgIpc) is 3.53. The Hall–Kier alpha value is -4.44. The molecule has 2 aliphatic rings. The molecule has 0 fully saturated rings. The van der Waals surface area contributed by atoms with E-state index in [1.807, 2.05) is 46.6 Å². The van der Waals surface area contributed by atoms with E-state index in [2.05, 4.69) is 15.6 Å². The normalized spacial score (nSPS) is 15.9. The van der Waals surface area contributed by atoms with Crippen LogP contribution in [0.3, 0.4) is 0 Å². The molecule has 6 rings (SSSR count). The standard InChI is InChI=1S/C26H24FN7O2/c1-32-13-18(21-23(28)29-14-30-24(21)32)17-10-9-15(12-19(17)27)31-25(35)22-20-8-5-11-33(20)34(26(22)36)16-6-3-2-4-7-16/h2-4,6-7,9-10,12-14,23H,5,8,11,28H2,1H3,(H,29,30)(H,31,35). The molecule has 182 valence electrons. The van der Waals surface area contributed by atoms with Crippen molar-refractivity contribution in [1.29, 1.82) is 0 Å². The lowest BCUT2D eigenvalue weighted by Crippen LogP contribution is -2.26. The molecule has 1 amide bonds. The SMILES string of the molecule is Cn1cc(-c2ccc(NC(=O)c3c4n(n(-c5ccccc5)c3=O)CCC4)cc2F)c2c1NC=NC2N. The van der Waals surface area contributed by atoms with Crippen LogP contribution in [0.5, 0.6) is 0 Å². The van der Waals surface area contributed by atoms with Gasteiger partial charge in [0.25, 0.3) is 11.5 Å². The predicted octanol–water partition coefficient (Wildman–Crippen LogP) is 3.39. The molecule has 0 aliphatic carbocycles. The first kappa shape index (κ1) is 22.1. The van der Waals surface area contributed by atoms with Gasteiger partial charge in [-0.15, -0.1) is 0 Å². The maximum atomic E-state index is 15.3. The van der Waals surface area contributed by atoms with Gasteiger partial charge in [-0.2, -0.15) is 0 Å². The van der Waals surface area contributed by atoms with Crippen LogP contribution in [0.25, 0.3) is 16.8 Å². The molecule has 2 aliphatic heterocycles. The van der Waals surface area contributed by atoms with Crippen molar-refractivity contribution in [3.8, 4) is 16.8 Å². The number of aromatic nitrogens is 3. The highest BCUT2D eigenvalue weighted by molar-refractivity contribution is 6.05. The summed E-state index contributed by atoms with van der Waals surface area (Å²) in [6, 6.07) is 13.7. The molecule has 0 saturated heterocycles. The Morgan fingerprint density at radius 3 is 2.78 bits per heavy atom. The molecule has 2 aromatic carbocycles. The number of nitrogens with one attached hydrogen (secondary N) is 2. The highest BCUT2D eigenvalue weighted by Gasteiger charge is 2.29. The Morgan fingerprint density at radius 1 is 1.19 bits per heavy atom. The fourth-order valence-corrected chi connectivity index (χ4v) is 5.13. The van der Waals surface area contributed by atoms with Gasteiger partial charge in [0.05, 0.1) is 17.7 Å². The first-order valence-corrected chi connectivity index (χ1v) is 11.7. The van der Waals surface area contributed by atoms with Crippen LogP contribution in [0, 0.1) is 5.82 Å². The Balaban J connectivity index is 1.33. The molecule has 0 spiro atoms. The van der Waals surface area contributed by atoms with E-state index >= 15 is 4.39 Å². The maximum Gasteiger partial charge on any atom is 0.284 e. The van der Waals surface area contributed by atoms with E-state index < -0.39 is 17.9 Å². The lowest BCUT2D eigenvalue weighted by atomic mass is 10.0. The number of halogens is 1. The fraction of sp³-hybridized carbons (Fsp3) is 0.192. The van der Waals surface area contributed by atoms with Crippen LogP contribution in [0.4, 0.5) is 15.9 Å². The Labute approximate surface area is 205 Å². The van der Waals surface area contributed by atoms with Crippen LogP contribution in [0.1, 0.15) is 34.2 Å². The lowest BCUT2D eigenvalue weighted by Gasteiger charge is -2.17. The summed E-state index contributed by atoms with van der Waals surface area (Å²) >= 11 is 0. The second kappa shape index (κ2) is 8.35. The minimum Gasteiger partial charge on any atom is -0.337 e. The van der Waals surface area contributed by atoms with Gasteiger partial charge in [-0.25, -0.2) is 9.07 Å². The zero-order valence-electron chi connectivity index (χ0n) is 19.5. The molecule has 2 aromatic heterocycles. The third kappa shape index (κ3) is 3.37. The first-order chi connectivity index (χ1) is 17.4. The minimum absolute atomic E-state index is 0.0906. The maximum absolute atomic E-state index is 15.3. The van der Waals surface area contributed by atoms with Crippen molar-refractivity contribution < 1.29 is 9.18 Å². The summed E-state index contributed by atoms with van der Waals surface area (Å²) in [6.45, 7) is 0.651. The number of carbonyl (C=O) groups excluding carboxylic acids is 1. The molecule has 9 nitrogen and oxygen atoms in total. The Kier molecular flexibility index (Phi) is 5.11. The molecule has 10 heteroatoms. The van der Waals surface area contributed by atoms with Gasteiger partial charge in [0.1, 0.15) is 23.4 Å². The predicted molar refractivity (Wildman–Crippen MR) is 136 cm³/mol. The van der Waals surface area contributed by atoms with Crippen LogP contribution in [-0.4, -0.2) is 26.2 Å². The number of hydrogen-bond acceptors (Lipinski definition) is 5. The third-order valence-electron chi connectivity index (χ3n) is 6.73. The van der Waals surface area contributed by atoms with Gasteiger partial charge in [0.2, 0.25) is 0 Å². The molecule has 0 bridgehead atoms. The summed E-state index contributed by atoms with van der Waals surface area (Å²) in [6.07, 6.45) is 4.17. The van der Waals surface area contributed by atoms with Crippen molar-refractivity contribution in [3.63, 3.8) is 0 Å². The summed E-state index contributed by atoms with van der Waals surface area (Å²) in [5.41, 5.74) is 9.16. The Morgan fingerprint density at radius 2 is 2.00 bits per heavy atom. The number of para-hydroxylation sites is 1. The highest BCUT2D eigenvalue weighted by Crippen LogP contribution is 2.38. The second-order valence-corrected chi connectivity index (χ2v) is 8.93. The van der Waals surface area contributed by atoms with Gasteiger partial charge < -0.3 is 20.9 Å². The zero-order chi connectivity index (χ0) is 25.0. The van der Waals surface area contributed by atoms with E-state index in [0.717, 1.165) is 12.2 Å². The van der Waals surface area contributed by atoms with Crippen LogP contribution >= 0.6 is 0 Å². The number of aryl methyl sites for hydroxylation is 1. The largest absolute Gasteiger partial charge is 0.337 e. The molecular formula is C26H24FN7O2. The number of nitrogens with two attached hydrogens (primary N) is 1. The fourth-order valence-electron chi connectivity index (χ4n) is 5.13. The van der Waals surface area contributed by atoms with Crippen LogP contribution in [0.2, 0.25) is 0 Å². The van der Waals surface area contributed by atoms with Crippen molar-refractivity contribution in [1.82, 2.24) is 13.9 Å². The summed E-state index contributed by atoms with van der Waals surface area (Å²) in [5, 5.41) is 5.76. The van der Waals surface area contributed by atoms with Crippen molar-refractivity contribution in [2.24, 2.45) is 17.8 Å². The molecule has 0 saturated carbocycles. The number of nitrogens with zero attached hydrogens (tertiary/aromatic N) is 4. The van der Waals surface area contributed by atoms with Gasteiger partial charge in [0, 0.05) is 42.2 Å². The molecule has 4 N–H and O–H groups in total. The minimum atomic E-state index is -0.611. The van der Waals surface area contributed by atoms with E-state index in [1.165, 1.54) is 12.4 Å². The number of fused-ring (bicyclic) bond motifs is 2. The first-order valence-electron chi connectivity index (χ1n) is 11.7. The van der Waals surface area contributed by atoms with Crippen molar-refractivity contribution in [2.45, 2.75) is 25.6 Å². The van der Waals surface area contributed by atoms with Gasteiger partial charge in [0.15, 0.2) is 0 Å². The van der Waals surface area contributed by atoms with Crippen LogP contribution < -0.4 is 21.9 Å². The summed E-state index contributed by atoms with van der Waals surface area (Å²) in [4.78, 5) is 30.7. The van der Waals surface area contributed by atoms with Crippen LogP contribution in [-0.2, 0) is 20.0 Å². The summed E-state index contributed by atoms with van der Waals surface area (Å²) in [7, 11) is 1.84. The molecule has 0 radical (unpaired) electrons. The molecule has 1 unspecified atom stereocenters. The van der Waals surface area contributed by atoms with Gasteiger partial charge in [-0.1, -0.05) is 18.2 Å². The van der Waals surface area contributed by atoms with Gasteiger partial charge >= 0.3 is 0 Å². The smallest absolute Gasteiger partial charge is 0.284 e. The van der Waals surface area contributed by atoms with Gasteiger partial charge in [-0.05, 0) is 43.2 Å². The number of hydrogen-bond donors (Lipinski definition) is 3. The van der Waals surface area contributed by atoms with Gasteiger partial charge in [-0.3, -0.25) is 19.3 Å². The topological polar surface area (TPSA) is 111 Å². The summed E-state index contributed by atoms with van der Waals surface area (Å²) < 4.78 is 20.5. The monoisotopic (exact) mass is 485 g/mol. The number of anilines is 2. The van der Waals surface area contributed by atoms with Crippen molar-refractivity contribution in [2.75, 3.05) is 10.6 Å². The zero-order valence-corrected chi connectivity index (χ0v) is 19.5. The molecular weight excluding hydrogens is 461 g/mol. The quantitative estimate of drug-likeness (QED) is 0.411. The summed E-state index contributed by atoms with van der Waals surface area (Å²) in [5.74, 6) is -0.321. The molecule has 4 aromatic rings. The van der Waals surface area contributed by atoms with E-state index in [-0.39, 0.29) is 16.8 Å². The molecule has 4 heterocycles. The number of benzene rings is 2. The Bertz CT molecular complexity index is 1600. The highest BCUT2D eigenvalue weighted by atomic mass is 19.1. The van der Waals surface area contributed by atoms with Crippen molar-refractivity contribution in [3.05, 3.63) is 87.7 Å². The van der Waals surface area contributed by atoms with Crippen molar-refractivity contribution >= 4 is 23.8 Å². The molecule has 1 atom stereocenters. The number of aliphatic imine (C=N–C) groups is 1. The van der Waals surface area contributed by atoms with Crippen LogP contribution in [0.15, 0.2) is 64.5 Å². The van der Waals surface area contributed by atoms with E-state index in [0.29, 0.717) is 41.0 Å². The lowest BCUT2D eigenvalue weighted by molar-refractivity contribution is 0.102. The van der Waals surface area contributed by atoms with E-state index in [4.69, 9.17) is 5.73 Å². The number of carbonyl (C=O) groups is 1. The average molecular weight is 486 g/mol. The third-order valence-corrected chi connectivity index (χ3v) is 6.73. The molecule has 36 heavy (non-hydrogen) atoms. The number of amides is 1. The number of rotatable bonds is 4. The van der Waals surface area contributed by atoms with E-state index in [9.17, 15) is 9.59 Å². The van der Waals surface area contributed by atoms with E-state index in [1.54, 1.807) is 23.0 Å². The second-order valence-electron chi connectivity index (χ2n) is 8.93.